The average molecular weight is 228 g/mol. The molecule has 0 saturated carbocycles. The molecule has 86 valence electrons. The lowest BCUT2D eigenvalue weighted by Crippen LogP contribution is -2.39. The molecular weight excluding hydrogens is 208 g/mol. The highest BCUT2D eigenvalue weighted by molar-refractivity contribution is 7.85. The molecular formula is C11H20N2OS. The van der Waals surface area contributed by atoms with Crippen LogP contribution in [0.2, 0.25) is 0 Å². The van der Waals surface area contributed by atoms with Crippen LogP contribution in [0.3, 0.4) is 0 Å². The van der Waals surface area contributed by atoms with Gasteiger partial charge in [-0.2, -0.15) is 0 Å². The molecule has 0 atom stereocenters. The Morgan fingerprint density at radius 1 is 1.20 bits per heavy atom. The van der Waals surface area contributed by atoms with Gasteiger partial charge in [0.25, 0.3) is 0 Å². The Kier molecular flexibility index (Phi) is 4.18. The zero-order valence-corrected chi connectivity index (χ0v) is 10.0. The molecule has 0 aliphatic carbocycles. The zero-order valence-electron chi connectivity index (χ0n) is 9.21. The predicted molar refractivity (Wildman–Crippen MR) is 64.8 cm³/mol. The highest BCUT2D eigenvalue weighted by Gasteiger charge is 2.18. The minimum Gasteiger partial charge on any atom is -0.371 e. The van der Waals surface area contributed by atoms with Crippen molar-refractivity contribution in [2.75, 3.05) is 18.1 Å². The summed E-state index contributed by atoms with van der Waals surface area (Å²) < 4.78 is 11.2. The molecule has 4 heteroatoms. The normalized spacial score (nSPS) is 32.9. The highest BCUT2D eigenvalue weighted by atomic mass is 32.2. The zero-order chi connectivity index (χ0) is 10.5. The van der Waals surface area contributed by atoms with Crippen LogP contribution in [-0.4, -0.2) is 34.1 Å². The molecule has 1 N–H and O–H groups in total. The Hall–Kier alpha value is -0.380. The topological polar surface area (TPSA) is 41.5 Å². The van der Waals surface area contributed by atoms with Crippen LogP contribution in [0.15, 0.2) is 4.99 Å². The van der Waals surface area contributed by atoms with Crippen LogP contribution in [0.4, 0.5) is 0 Å². The maximum atomic E-state index is 11.2. The Balaban J connectivity index is 1.80. The molecule has 0 bridgehead atoms. The third-order valence-corrected chi connectivity index (χ3v) is 4.52. The van der Waals surface area contributed by atoms with Gasteiger partial charge in [-0.25, -0.2) is 0 Å². The van der Waals surface area contributed by atoms with E-state index in [9.17, 15) is 4.21 Å². The number of nitrogens with zero attached hydrogens (tertiary/aromatic N) is 1. The van der Waals surface area contributed by atoms with E-state index in [1.165, 1.54) is 25.1 Å². The predicted octanol–water partition coefficient (Wildman–Crippen LogP) is 1.46. The summed E-state index contributed by atoms with van der Waals surface area (Å²) in [4.78, 5) is 4.57. The van der Waals surface area contributed by atoms with Gasteiger partial charge in [0.05, 0.1) is 5.84 Å². The summed E-state index contributed by atoms with van der Waals surface area (Å²) in [6.07, 6.45) is 7.02. The van der Waals surface area contributed by atoms with Gasteiger partial charge in [-0.1, -0.05) is 6.42 Å². The molecule has 0 aromatic rings. The average Bonchev–Trinajstić information content (AvgIpc) is 2.50. The van der Waals surface area contributed by atoms with Crippen LogP contribution in [-0.2, 0) is 10.8 Å². The Labute approximate surface area is 94.2 Å². The lowest BCUT2D eigenvalue weighted by molar-refractivity contribution is 0.546. The number of hydrogen-bond acceptors (Lipinski definition) is 3. The second-order valence-corrected chi connectivity index (χ2v) is 6.10. The summed E-state index contributed by atoms with van der Waals surface area (Å²) in [7, 11) is -0.551. The standard InChI is InChI=1S/C11H20N2OS/c14-15-8-5-10(6-9-15)13-11-4-2-1-3-7-12-11/h10H,1-9H2,(H,12,13). The lowest BCUT2D eigenvalue weighted by Gasteiger charge is -2.24. The van der Waals surface area contributed by atoms with E-state index in [2.05, 4.69) is 10.3 Å². The van der Waals surface area contributed by atoms with Gasteiger partial charge in [0.2, 0.25) is 0 Å². The van der Waals surface area contributed by atoms with E-state index in [1.807, 2.05) is 0 Å². The molecule has 0 aromatic heterocycles. The highest BCUT2D eigenvalue weighted by Crippen LogP contribution is 2.12. The van der Waals surface area contributed by atoms with E-state index >= 15 is 0 Å². The maximum absolute atomic E-state index is 11.2. The first kappa shape index (κ1) is 11.1. The third kappa shape index (κ3) is 3.59. The smallest absolute Gasteiger partial charge is 0.0965 e. The fourth-order valence-electron chi connectivity index (χ4n) is 2.17. The summed E-state index contributed by atoms with van der Waals surface area (Å²) in [5, 5.41) is 3.53. The van der Waals surface area contributed by atoms with Crippen molar-refractivity contribution in [2.24, 2.45) is 4.99 Å². The van der Waals surface area contributed by atoms with Gasteiger partial charge in [-0.3, -0.25) is 9.20 Å². The van der Waals surface area contributed by atoms with Crippen LogP contribution in [0.5, 0.6) is 0 Å². The maximum Gasteiger partial charge on any atom is 0.0965 e. The molecule has 15 heavy (non-hydrogen) atoms. The Morgan fingerprint density at radius 3 is 2.80 bits per heavy atom. The molecule has 0 spiro atoms. The number of aliphatic imine (C=N–C) groups is 1. The molecule has 2 rings (SSSR count). The van der Waals surface area contributed by atoms with Gasteiger partial charge in [0, 0.05) is 41.3 Å². The van der Waals surface area contributed by atoms with Crippen LogP contribution < -0.4 is 5.32 Å². The van der Waals surface area contributed by atoms with Gasteiger partial charge in [-0.05, 0) is 25.7 Å². The summed E-state index contributed by atoms with van der Waals surface area (Å²) in [5.74, 6) is 2.93. The molecule has 3 nitrogen and oxygen atoms in total. The molecule has 2 aliphatic heterocycles. The quantitative estimate of drug-likeness (QED) is 0.738. The number of nitrogens with one attached hydrogen (secondary N) is 1. The Bertz CT molecular complexity index is 255. The second kappa shape index (κ2) is 5.64. The van der Waals surface area contributed by atoms with Crippen LogP contribution in [0.1, 0.15) is 38.5 Å². The number of rotatable bonds is 1. The molecule has 1 saturated heterocycles. The number of hydrogen-bond donors (Lipinski definition) is 1. The van der Waals surface area contributed by atoms with Crippen LogP contribution in [0, 0.1) is 0 Å². The molecule has 0 aromatic carbocycles. The second-order valence-electron chi connectivity index (χ2n) is 4.41. The summed E-state index contributed by atoms with van der Waals surface area (Å²) in [6, 6.07) is 0.527. The fraction of sp³-hybridized carbons (Fsp3) is 0.909. The van der Waals surface area contributed by atoms with Gasteiger partial charge < -0.3 is 5.32 Å². The van der Waals surface area contributed by atoms with Crippen molar-refractivity contribution in [1.29, 1.82) is 0 Å². The molecule has 1 fully saturated rings. The summed E-state index contributed by atoms with van der Waals surface area (Å²) >= 11 is 0. The van der Waals surface area contributed by atoms with Gasteiger partial charge in [-0.15, -0.1) is 0 Å². The van der Waals surface area contributed by atoms with Gasteiger partial charge in [0.15, 0.2) is 0 Å². The molecule has 2 heterocycles. The van der Waals surface area contributed by atoms with E-state index in [-0.39, 0.29) is 0 Å². The van der Waals surface area contributed by atoms with Crippen molar-refractivity contribution in [1.82, 2.24) is 5.32 Å². The minimum atomic E-state index is -0.551. The van der Waals surface area contributed by atoms with Crippen molar-refractivity contribution in [2.45, 2.75) is 44.6 Å². The molecule has 0 unspecified atom stereocenters. The van der Waals surface area contributed by atoms with Crippen molar-refractivity contribution < 1.29 is 4.21 Å². The van der Waals surface area contributed by atoms with E-state index in [1.54, 1.807) is 0 Å². The van der Waals surface area contributed by atoms with E-state index in [0.717, 1.165) is 37.3 Å². The van der Waals surface area contributed by atoms with Crippen LogP contribution in [0.25, 0.3) is 0 Å². The first-order valence-corrected chi connectivity index (χ1v) is 7.48. The fourth-order valence-corrected chi connectivity index (χ4v) is 3.46. The van der Waals surface area contributed by atoms with E-state index < -0.39 is 10.8 Å². The largest absolute Gasteiger partial charge is 0.371 e. The Morgan fingerprint density at radius 2 is 2.00 bits per heavy atom. The first-order chi connectivity index (χ1) is 7.34. The third-order valence-electron chi connectivity index (χ3n) is 3.13. The monoisotopic (exact) mass is 228 g/mol. The van der Waals surface area contributed by atoms with E-state index in [0.29, 0.717) is 6.04 Å². The van der Waals surface area contributed by atoms with Gasteiger partial charge >= 0.3 is 0 Å². The van der Waals surface area contributed by atoms with Crippen molar-refractivity contribution >= 4 is 16.6 Å². The SMILES string of the molecule is O=S1CCC(NC2=NCCCCC2)CC1. The lowest BCUT2D eigenvalue weighted by atomic mass is 10.1. The molecule has 0 amide bonds. The molecule has 0 radical (unpaired) electrons. The number of amidine groups is 1. The van der Waals surface area contributed by atoms with Gasteiger partial charge in [0.1, 0.15) is 0 Å². The summed E-state index contributed by atoms with van der Waals surface area (Å²) in [6.45, 7) is 0.987. The van der Waals surface area contributed by atoms with Crippen molar-refractivity contribution in [3.8, 4) is 0 Å². The molecule has 2 aliphatic rings. The van der Waals surface area contributed by atoms with Crippen molar-refractivity contribution in [3.63, 3.8) is 0 Å². The first-order valence-electron chi connectivity index (χ1n) is 5.99. The summed E-state index contributed by atoms with van der Waals surface area (Å²) in [5.41, 5.74) is 0. The minimum absolute atomic E-state index is 0.527. The van der Waals surface area contributed by atoms with E-state index in [4.69, 9.17) is 0 Å². The van der Waals surface area contributed by atoms with Crippen LogP contribution >= 0.6 is 0 Å². The van der Waals surface area contributed by atoms with Crippen molar-refractivity contribution in [3.05, 3.63) is 0 Å².